The number of aryl methyl sites for hydroxylation is 1. The van der Waals surface area contributed by atoms with Crippen molar-refractivity contribution in [3.63, 3.8) is 0 Å². The number of hydrogen-bond acceptors (Lipinski definition) is 4. The number of anilines is 1. The molecule has 3 aromatic carbocycles. The second-order valence-electron chi connectivity index (χ2n) is 9.59. The van der Waals surface area contributed by atoms with Crippen molar-refractivity contribution in [1.82, 2.24) is 4.90 Å². The predicted molar refractivity (Wildman–Crippen MR) is 141 cm³/mol. The van der Waals surface area contributed by atoms with Crippen molar-refractivity contribution in [2.45, 2.75) is 32.7 Å². The molecule has 0 atom stereocenters. The van der Waals surface area contributed by atoms with Gasteiger partial charge in [-0.1, -0.05) is 30.3 Å². The van der Waals surface area contributed by atoms with Crippen LogP contribution in [0.2, 0.25) is 0 Å². The molecule has 0 spiro atoms. The lowest BCUT2D eigenvalue weighted by molar-refractivity contribution is 0.209. The number of methoxy groups -OCH3 is 1. The molecule has 4 nitrogen and oxygen atoms in total. The van der Waals surface area contributed by atoms with Crippen LogP contribution in [0.4, 0.5) is 5.69 Å². The van der Waals surface area contributed by atoms with Gasteiger partial charge in [0.15, 0.2) is 0 Å². The summed E-state index contributed by atoms with van der Waals surface area (Å²) in [7, 11) is 1.72. The minimum absolute atomic E-state index is 0.306. The lowest BCUT2D eigenvalue weighted by Gasteiger charge is -2.38. The van der Waals surface area contributed by atoms with Gasteiger partial charge in [-0.05, 0) is 96.5 Å². The van der Waals surface area contributed by atoms with Gasteiger partial charge in [-0.15, -0.1) is 0 Å². The van der Waals surface area contributed by atoms with Crippen LogP contribution in [-0.4, -0.2) is 49.3 Å². The van der Waals surface area contributed by atoms with E-state index >= 15 is 0 Å². The van der Waals surface area contributed by atoms with Crippen molar-refractivity contribution in [2.24, 2.45) is 0 Å². The van der Waals surface area contributed by atoms with Gasteiger partial charge in [0.1, 0.15) is 11.5 Å². The Balaban J connectivity index is 1.52. The Morgan fingerprint density at radius 3 is 2.26 bits per heavy atom. The number of aromatic hydroxyl groups is 1. The SMILES string of the molecule is COc1ccc2c(c1)CCC(c1cccc(O)c1)=C2c1ccc(N2CCN(C(C)C)CC2)cc1. The second-order valence-corrected chi connectivity index (χ2v) is 9.59. The number of phenols is 1. The molecule has 1 saturated heterocycles. The van der Waals surface area contributed by atoms with Gasteiger partial charge in [0.2, 0.25) is 0 Å². The fourth-order valence-corrected chi connectivity index (χ4v) is 5.34. The number of piperazine rings is 1. The molecule has 34 heavy (non-hydrogen) atoms. The maximum Gasteiger partial charge on any atom is 0.119 e. The standard InChI is InChI=1S/C30H34N2O2/c1-21(2)31-15-17-32(18-16-31)25-10-7-22(8-11-25)30-28(23-5-4-6-26(33)19-23)13-9-24-20-27(34-3)12-14-29(24)30/h4-8,10-12,14,19-21,33H,9,13,15-18H2,1-3H3. The molecular weight excluding hydrogens is 420 g/mol. The van der Waals surface area contributed by atoms with Crippen molar-refractivity contribution in [2.75, 3.05) is 38.2 Å². The number of allylic oxidation sites excluding steroid dienone is 1. The van der Waals surface area contributed by atoms with E-state index in [-0.39, 0.29) is 0 Å². The van der Waals surface area contributed by atoms with E-state index in [2.05, 4.69) is 66.1 Å². The minimum atomic E-state index is 0.306. The number of nitrogens with zero attached hydrogens (tertiary/aromatic N) is 2. The Labute approximate surface area is 203 Å². The zero-order chi connectivity index (χ0) is 23.7. The Bertz CT molecular complexity index is 1190. The van der Waals surface area contributed by atoms with E-state index in [1.165, 1.54) is 33.5 Å². The van der Waals surface area contributed by atoms with Crippen LogP contribution in [0.1, 0.15) is 42.5 Å². The molecule has 1 heterocycles. The smallest absolute Gasteiger partial charge is 0.119 e. The largest absolute Gasteiger partial charge is 0.508 e. The van der Waals surface area contributed by atoms with Gasteiger partial charge in [0, 0.05) is 37.9 Å². The van der Waals surface area contributed by atoms with E-state index in [4.69, 9.17) is 4.74 Å². The molecule has 176 valence electrons. The van der Waals surface area contributed by atoms with Crippen LogP contribution in [0.15, 0.2) is 66.7 Å². The summed E-state index contributed by atoms with van der Waals surface area (Å²) < 4.78 is 5.50. The monoisotopic (exact) mass is 454 g/mol. The molecular formula is C30H34N2O2. The molecule has 2 aliphatic rings. The quantitative estimate of drug-likeness (QED) is 0.526. The second kappa shape index (κ2) is 9.55. The van der Waals surface area contributed by atoms with Gasteiger partial charge in [-0.3, -0.25) is 4.90 Å². The van der Waals surface area contributed by atoms with Gasteiger partial charge in [-0.25, -0.2) is 0 Å². The third kappa shape index (κ3) is 4.43. The van der Waals surface area contributed by atoms with Crippen molar-refractivity contribution < 1.29 is 9.84 Å². The highest BCUT2D eigenvalue weighted by Crippen LogP contribution is 2.42. The zero-order valence-electron chi connectivity index (χ0n) is 20.4. The van der Waals surface area contributed by atoms with Crippen LogP contribution >= 0.6 is 0 Å². The number of fused-ring (bicyclic) bond motifs is 1. The van der Waals surface area contributed by atoms with Crippen LogP contribution < -0.4 is 9.64 Å². The summed E-state index contributed by atoms with van der Waals surface area (Å²) in [6.45, 7) is 8.91. The van der Waals surface area contributed by atoms with Crippen molar-refractivity contribution in [3.05, 3.63) is 89.0 Å². The third-order valence-corrected chi connectivity index (χ3v) is 7.29. The summed E-state index contributed by atoms with van der Waals surface area (Å²) >= 11 is 0. The molecule has 0 unspecified atom stereocenters. The highest BCUT2D eigenvalue weighted by atomic mass is 16.5. The van der Waals surface area contributed by atoms with Crippen LogP contribution in [0.25, 0.3) is 11.1 Å². The molecule has 0 radical (unpaired) electrons. The Morgan fingerprint density at radius 1 is 0.824 bits per heavy atom. The summed E-state index contributed by atoms with van der Waals surface area (Å²) in [5, 5.41) is 10.1. The highest BCUT2D eigenvalue weighted by molar-refractivity contribution is 6.01. The van der Waals surface area contributed by atoms with E-state index in [9.17, 15) is 5.11 Å². The van der Waals surface area contributed by atoms with Crippen molar-refractivity contribution in [3.8, 4) is 11.5 Å². The lowest BCUT2D eigenvalue weighted by atomic mass is 9.79. The molecule has 0 aromatic heterocycles. The average Bonchev–Trinajstić information content (AvgIpc) is 2.88. The minimum Gasteiger partial charge on any atom is -0.508 e. The topological polar surface area (TPSA) is 35.9 Å². The predicted octanol–water partition coefficient (Wildman–Crippen LogP) is 5.84. The maximum absolute atomic E-state index is 10.1. The fourth-order valence-electron chi connectivity index (χ4n) is 5.34. The van der Waals surface area contributed by atoms with Gasteiger partial charge in [0.05, 0.1) is 7.11 Å². The molecule has 1 aliphatic heterocycles. The Morgan fingerprint density at radius 2 is 1.59 bits per heavy atom. The van der Waals surface area contributed by atoms with Gasteiger partial charge < -0.3 is 14.7 Å². The van der Waals surface area contributed by atoms with Crippen molar-refractivity contribution in [1.29, 1.82) is 0 Å². The first kappa shape index (κ1) is 22.5. The first-order chi connectivity index (χ1) is 16.5. The molecule has 5 rings (SSSR count). The number of rotatable bonds is 5. The lowest BCUT2D eigenvalue weighted by Crippen LogP contribution is -2.48. The summed E-state index contributed by atoms with van der Waals surface area (Å²) in [4.78, 5) is 5.04. The van der Waals surface area contributed by atoms with Crippen LogP contribution in [-0.2, 0) is 6.42 Å². The molecule has 0 bridgehead atoms. The molecule has 4 heteroatoms. The van der Waals surface area contributed by atoms with E-state index in [0.29, 0.717) is 11.8 Å². The van der Waals surface area contributed by atoms with Crippen molar-refractivity contribution >= 4 is 16.8 Å². The summed E-state index contributed by atoms with van der Waals surface area (Å²) in [5.74, 6) is 1.20. The van der Waals surface area contributed by atoms with Crippen LogP contribution in [0.3, 0.4) is 0 Å². The Hall–Kier alpha value is -3.24. The van der Waals surface area contributed by atoms with E-state index in [1.54, 1.807) is 13.2 Å². The molecule has 3 aromatic rings. The molecule has 1 fully saturated rings. The highest BCUT2D eigenvalue weighted by Gasteiger charge is 2.23. The zero-order valence-corrected chi connectivity index (χ0v) is 20.4. The summed E-state index contributed by atoms with van der Waals surface area (Å²) in [6, 6.07) is 23.7. The molecule has 0 saturated carbocycles. The summed E-state index contributed by atoms with van der Waals surface area (Å²) in [5.41, 5.74) is 8.70. The number of phenolic OH excluding ortho intramolecular Hbond substituents is 1. The number of hydrogen-bond donors (Lipinski definition) is 1. The van der Waals surface area contributed by atoms with Gasteiger partial charge in [0.25, 0.3) is 0 Å². The molecule has 0 amide bonds. The maximum atomic E-state index is 10.1. The van der Waals surface area contributed by atoms with Gasteiger partial charge >= 0.3 is 0 Å². The van der Waals surface area contributed by atoms with E-state index in [1.807, 2.05) is 18.2 Å². The summed E-state index contributed by atoms with van der Waals surface area (Å²) in [6.07, 6.45) is 1.89. The number of ether oxygens (including phenoxy) is 1. The number of benzene rings is 3. The van der Waals surface area contributed by atoms with E-state index < -0.39 is 0 Å². The van der Waals surface area contributed by atoms with E-state index in [0.717, 1.165) is 50.3 Å². The van der Waals surface area contributed by atoms with Crippen LogP contribution in [0, 0.1) is 0 Å². The van der Waals surface area contributed by atoms with Crippen LogP contribution in [0.5, 0.6) is 11.5 Å². The normalized spacial score (nSPS) is 16.6. The molecule has 1 N–H and O–H groups in total. The van der Waals surface area contributed by atoms with Gasteiger partial charge in [-0.2, -0.15) is 0 Å². The first-order valence-electron chi connectivity index (χ1n) is 12.3. The molecule has 1 aliphatic carbocycles. The average molecular weight is 455 g/mol. The first-order valence-corrected chi connectivity index (χ1v) is 12.3. The Kier molecular flexibility index (Phi) is 6.34. The third-order valence-electron chi connectivity index (χ3n) is 7.29. The fraction of sp³-hybridized carbons (Fsp3) is 0.333.